The third kappa shape index (κ3) is 1.42. The Kier molecular flexibility index (Phi) is 2.05. The van der Waals surface area contributed by atoms with E-state index in [0.29, 0.717) is 6.54 Å². The van der Waals surface area contributed by atoms with Crippen molar-refractivity contribution in [3.63, 3.8) is 0 Å². The van der Waals surface area contributed by atoms with E-state index in [4.69, 9.17) is 10.5 Å². The van der Waals surface area contributed by atoms with Gasteiger partial charge in [0.1, 0.15) is 6.10 Å². The molecule has 1 aliphatic rings. The highest BCUT2D eigenvalue weighted by atomic mass is 16.5. The van der Waals surface area contributed by atoms with Crippen LogP contribution in [0, 0.1) is 0 Å². The Labute approximate surface area is 54.9 Å². The summed E-state index contributed by atoms with van der Waals surface area (Å²) in [7, 11) is 0. The first kappa shape index (κ1) is 6.55. The van der Waals surface area contributed by atoms with Gasteiger partial charge in [0.25, 0.3) is 0 Å². The maximum absolute atomic E-state index is 5.35. The van der Waals surface area contributed by atoms with Crippen LogP contribution in [-0.2, 0) is 4.74 Å². The van der Waals surface area contributed by atoms with Crippen LogP contribution in [-0.4, -0.2) is 25.1 Å². The average Bonchev–Trinajstić information content (AvgIpc) is 2.34. The summed E-state index contributed by atoms with van der Waals surface area (Å²) in [5, 5.41) is 0. The first-order chi connectivity index (χ1) is 4.36. The van der Waals surface area contributed by atoms with Crippen LogP contribution in [0.1, 0.15) is 13.3 Å². The zero-order chi connectivity index (χ0) is 6.69. The lowest BCUT2D eigenvalue weighted by Crippen LogP contribution is -2.23. The van der Waals surface area contributed by atoms with Crippen LogP contribution in [0.2, 0.25) is 0 Å². The van der Waals surface area contributed by atoms with Crippen molar-refractivity contribution in [2.75, 3.05) is 13.1 Å². The van der Waals surface area contributed by atoms with Gasteiger partial charge >= 0.3 is 0 Å². The number of hydrogen-bond acceptors (Lipinski definition) is 3. The van der Waals surface area contributed by atoms with Gasteiger partial charge in [0.15, 0.2) is 5.90 Å². The molecule has 1 aliphatic heterocycles. The fourth-order valence-electron chi connectivity index (χ4n) is 0.788. The lowest BCUT2D eigenvalue weighted by molar-refractivity contribution is 0.227. The minimum atomic E-state index is 0.153. The lowest BCUT2D eigenvalue weighted by atomic mass is 10.4. The van der Waals surface area contributed by atoms with Crippen molar-refractivity contribution < 1.29 is 4.74 Å². The molecule has 1 rings (SSSR count). The Hall–Kier alpha value is -0.570. The summed E-state index contributed by atoms with van der Waals surface area (Å²) >= 11 is 0. The molecule has 3 nitrogen and oxygen atoms in total. The highest BCUT2D eigenvalue weighted by molar-refractivity contribution is 5.77. The van der Waals surface area contributed by atoms with Gasteiger partial charge in [-0.3, -0.25) is 4.99 Å². The second kappa shape index (κ2) is 2.82. The molecule has 0 fully saturated rings. The average molecular weight is 128 g/mol. The second-order valence-electron chi connectivity index (χ2n) is 2.06. The fraction of sp³-hybridized carbons (Fsp3) is 0.833. The minimum Gasteiger partial charge on any atom is -0.474 e. The number of rotatable bonds is 2. The quantitative estimate of drug-likeness (QED) is 0.575. The summed E-state index contributed by atoms with van der Waals surface area (Å²) in [6, 6.07) is 0. The van der Waals surface area contributed by atoms with Gasteiger partial charge in [-0.2, -0.15) is 0 Å². The van der Waals surface area contributed by atoms with E-state index >= 15 is 0 Å². The molecule has 0 aromatic heterocycles. The van der Waals surface area contributed by atoms with Crippen molar-refractivity contribution in [2.24, 2.45) is 10.7 Å². The van der Waals surface area contributed by atoms with Gasteiger partial charge in [-0.15, -0.1) is 0 Å². The van der Waals surface area contributed by atoms with Crippen LogP contribution in [0.5, 0.6) is 0 Å². The van der Waals surface area contributed by atoms with E-state index in [0.717, 1.165) is 18.9 Å². The van der Waals surface area contributed by atoms with Crippen molar-refractivity contribution in [2.45, 2.75) is 19.4 Å². The smallest absolute Gasteiger partial charge is 0.183 e. The van der Waals surface area contributed by atoms with Crippen LogP contribution >= 0.6 is 0 Å². The lowest BCUT2D eigenvalue weighted by Gasteiger charge is -2.05. The van der Waals surface area contributed by atoms with E-state index in [2.05, 4.69) is 4.99 Å². The highest BCUT2D eigenvalue weighted by Crippen LogP contribution is 2.04. The van der Waals surface area contributed by atoms with Crippen LogP contribution < -0.4 is 5.73 Å². The first-order valence-electron chi connectivity index (χ1n) is 3.27. The van der Waals surface area contributed by atoms with Gasteiger partial charge in [-0.1, -0.05) is 6.92 Å². The van der Waals surface area contributed by atoms with Gasteiger partial charge in [-0.25, -0.2) is 0 Å². The highest BCUT2D eigenvalue weighted by Gasteiger charge is 2.15. The first-order valence-corrected chi connectivity index (χ1v) is 3.27. The van der Waals surface area contributed by atoms with E-state index in [1.54, 1.807) is 0 Å². The molecule has 3 heteroatoms. The summed E-state index contributed by atoms with van der Waals surface area (Å²) < 4.78 is 5.28. The molecule has 0 aromatic rings. The molecule has 0 amide bonds. The molecule has 9 heavy (non-hydrogen) atoms. The summed E-state index contributed by atoms with van der Waals surface area (Å²) in [6.07, 6.45) is 1.04. The van der Waals surface area contributed by atoms with Gasteiger partial charge in [0.2, 0.25) is 0 Å². The standard InChI is InChI=1S/C6H12N2O/c1-2-6-8-4-5(3-7)9-6/h5H,2-4,7H2,1H3. The Morgan fingerprint density at radius 3 is 3.00 bits per heavy atom. The Bertz CT molecular complexity index is 122. The largest absolute Gasteiger partial charge is 0.474 e. The molecule has 2 N–H and O–H groups in total. The number of nitrogens with two attached hydrogens (primary N) is 1. The molecule has 52 valence electrons. The van der Waals surface area contributed by atoms with E-state index in [1.165, 1.54) is 0 Å². The van der Waals surface area contributed by atoms with E-state index in [9.17, 15) is 0 Å². The summed E-state index contributed by atoms with van der Waals surface area (Å²) in [5.41, 5.74) is 5.35. The molecule has 0 saturated heterocycles. The maximum atomic E-state index is 5.35. The molecule has 1 heterocycles. The van der Waals surface area contributed by atoms with Crippen molar-refractivity contribution in [1.29, 1.82) is 0 Å². The monoisotopic (exact) mass is 128 g/mol. The summed E-state index contributed by atoms with van der Waals surface area (Å²) in [6.45, 7) is 3.35. The molecule has 0 spiro atoms. The van der Waals surface area contributed by atoms with Crippen molar-refractivity contribution >= 4 is 5.90 Å². The van der Waals surface area contributed by atoms with E-state index in [1.807, 2.05) is 6.92 Å². The van der Waals surface area contributed by atoms with Crippen LogP contribution in [0.15, 0.2) is 4.99 Å². The normalized spacial score (nSPS) is 25.6. The van der Waals surface area contributed by atoms with Crippen molar-refractivity contribution in [1.82, 2.24) is 0 Å². The number of hydrogen-bond donors (Lipinski definition) is 1. The Balaban J connectivity index is 2.31. The number of ether oxygens (including phenoxy) is 1. The van der Waals surface area contributed by atoms with Crippen LogP contribution in [0.3, 0.4) is 0 Å². The third-order valence-corrected chi connectivity index (χ3v) is 1.34. The molecule has 1 atom stereocenters. The molecule has 0 bridgehead atoms. The zero-order valence-electron chi connectivity index (χ0n) is 5.63. The molecule has 0 saturated carbocycles. The van der Waals surface area contributed by atoms with Crippen molar-refractivity contribution in [3.8, 4) is 0 Å². The zero-order valence-corrected chi connectivity index (χ0v) is 5.63. The van der Waals surface area contributed by atoms with Gasteiger partial charge in [0.05, 0.1) is 6.54 Å². The fourth-order valence-corrected chi connectivity index (χ4v) is 0.788. The maximum Gasteiger partial charge on any atom is 0.183 e. The minimum absolute atomic E-state index is 0.153. The Morgan fingerprint density at radius 1 is 1.89 bits per heavy atom. The molecule has 1 unspecified atom stereocenters. The molecule has 0 aromatic carbocycles. The van der Waals surface area contributed by atoms with Gasteiger partial charge in [-0.05, 0) is 0 Å². The third-order valence-electron chi connectivity index (χ3n) is 1.34. The molecular weight excluding hydrogens is 116 g/mol. The van der Waals surface area contributed by atoms with Crippen LogP contribution in [0.4, 0.5) is 0 Å². The van der Waals surface area contributed by atoms with Gasteiger partial charge < -0.3 is 10.5 Å². The second-order valence-corrected chi connectivity index (χ2v) is 2.06. The predicted molar refractivity (Wildman–Crippen MR) is 36.5 cm³/mol. The predicted octanol–water partition coefficient (Wildman–Crippen LogP) is 0.152. The number of nitrogens with zero attached hydrogens (tertiary/aromatic N) is 1. The van der Waals surface area contributed by atoms with E-state index < -0.39 is 0 Å². The van der Waals surface area contributed by atoms with E-state index in [-0.39, 0.29) is 6.10 Å². The molecule has 0 radical (unpaired) electrons. The van der Waals surface area contributed by atoms with Crippen molar-refractivity contribution in [3.05, 3.63) is 0 Å². The van der Waals surface area contributed by atoms with Crippen LogP contribution in [0.25, 0.3) is 0 Å². The Morgan fingerprint density at radius 2 is 2.67 bits per heavy atom. The summed E-state index contributed by atoms with van der Waals surface area (Å²) in [5.74, 6) is 0.852. The SMILES string of the molecule is CCC1=NCC(CN)O1. The molecule has 0 aliphatic carbocycles. The number of aliphatic imine (C=N–C) groups is 1. The topological polar surface area (TPSA) is 47.6 Å². The summed E-state index contributed by atoms with van der Waals surface area (Å²) in [4.78, 5) is 4.12. The van der Waals surface area contributed by atoms with Gasteiger partial charge in [0, 0.05) is 13.0 Å². The molecular formula is C6H12N2O.